The Morgan fingerprint density at radius 2 is 2.10 bits per heavy atom. The summed E-state index contributed by atoms with van der Waals surface area (Å²) in [6.07, 6.45) is 2.17. The molecule has 1 fully saturated rings. The van der Waals surface area contributed by atoms with Gasteiger partial charge in [-0.15, -0.1) is 21.5 Å². The summed E-state index contributed by atoms with van der Waals surface area (Å²) < 4.78 is 16.5. The molecular weight excluding hydrogens is 390 g/mol. The molecule has 4 rings (SSSR count). The first kappa shape index (κ1) is 19.4. The molecular formula is C21H23N3O4S. The summed E-state index contributed by atoms with van der Waals surface area (Å²) in [6, 6.07) is 9.49. The Balaban J connectivity index is 1.42. The lowest BCUT2D eigenvalue weighted by Crippen LogP contribution is -2.40. The lowest BCUT2D eigenvalue weighted by Gasteiger charge is -2.31. The average Bonchev–Trinajstić information content (AvgIpc) is 3.45. The zero-order chi connectivity index (χ0) is 20.2. The molecule has 1 amide bonds. The number of likely N-dealkylation sites (tertiary alicyclic amines) is 1. The molecule has 0 saturated carbocycles. The van der Waals surface area contributed by atoms with Crippen LogP contribution in [0.4, 0.5) is 0 Å². The fourth-order valence-corrected chi connectivity index (χ4v) is 4.23. The molecule has 8 heteroatoms. The van der Waals surface area contributed by atoms with Gasteiger partial charge in [0.2, 0.25) is 11.8 Å². The monoisotopic (exact) mass is 413 g/mol. The van der Waals surface area contributed by atoms with Crippen LogP contribution in [0.2, 0.25) is 0 Å². The van der Waals surface area contributed by atoms with Crippen LogP contribution in [-0.2, 0) is 11.2 Å². The van der Waals surface area contributed by atoms with Gasteiger partial charge < -0.3 is 18.8 Å². The number of aromatic nitrogens is 2. The Morgan fingerprint density at radius 1 is 1.24 bits per heavy atom. The van der Waals surface area contributed by atoms with Crippen molar-refractivity contribution in [3.8, 4) is 22.3 Å². The number of amides is 1. The predicted molar refractivity (Wildman–Crippen MR) is 109 cm³/mol. The number of carbonyl (C=O) groups excluding carboxylic acids is 1. The summed E-state index contributed by atoms with van der Waals surface area (Å²) in [6.45, 7) is 1.34. The maximum Gasteiger partial charge on any atom is 0.257 e. The molecule has 2 aromatic heterocycles. The zero-order valence-electron chi connectivity index (χ0n) is 16.5. The van der Waals surface area contributed by atoms with E-state index in [-0.39, 0.29) is 11.8 Å². The number of hydrogen-bond acceptors (Lipinski definition) is 7. The maximum absolute atomic E-state index is 12.9. The number of carbonyl (C=O) groups is 1. The van der Waals surface area contributed by atoms with Crippen LogP contribution in [0.25, 0.3) is 10.8 Å². The second-order valence-corrected chi connectivity index (χ2v) is 7.92. The standard InChI is InChI=1S/C21H23N3O4S/c1-26-16-8-7-14(11-17(16)27-2)12-19(25)24-9-3-5-15(13-24)20-22-23-21(28-20)18-6-4-10-29-18/h4,6-8,10-11,15H,3,5,9,12-13H2,1-2H3/t15-/m0/s1. The van der Waals surface area contributed by atoms with E-state index in [1.54, 1.807) is 25.6 Å². The third-order valence-electron chi connectivity index (χ3n) is 5.10. The number of nitrogens with zero attached hydrogens (tertiary/aromatic N) is 3. The number of ether oxygens (including phenoxy) is 2. The van der Waals surface area contributed by atoms with Gasteiger partial charge in [-0.1, -0.05) is 12.1 Å². The van der Waals surface area contributed by atoms with Crippen molar-refractivity contribution in [1.29, 1.82) is 0 Å². The van der Waals surface area contributed by atoms with E-state index in [9.17, 15) is 4.79 Å². The van der Waals surface area contributed by atoms with Crippen molar-refractivity contribution in [3.63, 3.8) is 0 Å². The summed E-state index contributed by atoms with van der Waals surface area (Å²) in [5.74, 6) is 2.58. The van der Waals surface area contributed by atoms with Crippen LogP contribution in [-0.4, -0.2) is 48.3 Å². The molecule has 3 aromatic rings. The minimum Gasteiger partial charge on any atom is -0.493 e. The normalized spacial score (nSPS) is 16.6. The molecule has 1 atom stereocenters. The number of piperidine rings is 1. The van der Waals surface area contributed by atoms with E-state index < -0.39 is 0 Å². The van der Waals surface area contributed by atoms with Crippen LogP contribution in [0, 0.1) is 0 Å². The Kier molecular flexibility index (Phi) is 5.80. The first-order valence-electron chi connectivity index (χ1n) is 9.54. The Hall–Kier alpha value is -2.87. The summed E-state index contributed by atoms with van der Waals surface area (Å²) in [4.78, 5) is 15.7. The molecule has 0 N–H and O–H groups in total. The van der Waals surface area contributed by atoms with E-state index in [4.69, 9.17) is 13.9 Å². The lowest BCUT2D eigenvalue weighted by molar-refractivity contribution is -0.131. The fraction of sp³-hybridized carbons (Fsp3) is 0.381. The second kappa shape index (κ2) is 8.65. The van der Waals surface area contributed by atoms with Crippen molar-refractivity contribution >= 4 is 17.2 Å². The van der Waals surface area contributed by atoms with Crippen LogP contribution in [0.1, 0.15) is 30.2 Å². The van der Waals surface area contributed by atoms with Gasteiger partial charge in [0.05, 0.1) is 31.4 Å². The fourth-order valence-electron chi connectivity index (χ4n) is 3.58. The van der Waals surface area contributed by atoms with Crippen molar-refractivity contribution in [2.45, 2.75) is 25.2 Å². The zero-order valence-corrected chi connectivity index (χ0v) is 17.3. The summed E-state index contributed by atoms with van der Waals surface area (Å²) in [7, 11) is 3.19. The third-order valence-corrected chi connectivity index (χ3v) is 5.96. The van der Waals surface area contributed by atoms with E-state index in [1.165, 1.54) is 0 Å². The smallest absolute Gasteiger partial charge is 0.257 e. The molecule has 152 valence electrons. The molecule has 0 radical (unpaired) electrons. The molecule has 0 bridgehead atoms. The van der Waals surface area contributed by atoms with Gasteiger partial charge in [-0.2, -0.15) is 0 Å². The van der Waals surface area contributed by atoms with E-state index in [0.717, 1.165) is 29.8 Å². The Bertz CT molecular complexity index is 970. The summed E-state index contributed by atoms with van der Waals surface area (Å²) >= 11 is 1.57. The first-order valence-corrected chi connectivity index (χ1v) is 10.4. The number of hydrogen-bond donors (Lipinski definition) is 0. The van der Waals surface area contributed by atoms with Gasteiger partial charge in [0.25, 0.3) is 5.89 Å². The maximum atomic E-state index is 12.9. The third kappa shape index (κ3) is 4.27. The minimum atomic E-state index is 0.0688. The molecule has 0 unspecified atom stereocenters. The highest BCUT2D eigenvalue weighted by molar-refractivity contribution is 7.13. The summed E-state index contributed by atoms with van der Waals surface area (Å²) in [5.41, 5.74) is 0.896. The molecule has 1 saturated heterocycles. The molecule has 7 nitrogen and oxygen atoms in total. The quantitative estimate of drug-likeness (QED) is 0.612. The molecule has 1 aliphatic rings. The van der Waals surface area contributed by atoms with Gasteiger partial charge >= 0.3 is 0 Å². The topological polar surface area (TPSA) is 77.7 Å². The SMILES string of the molecule is COc1ccc(CC(=O)N2CCC[C@H](c3nnc(-c4cccs4)o3)C2)cc1OC. The highest BCUT2D eigenvalue weighted by Crippen LogP contribution is 2.31. The molecule has 29 heavy (non-hydrogen) atoms. The number of rotatable bonds is 6. The largest absolute Gasteiger partial charge is 0.493 e. The number of thiophene rings is 1. The van der Waals surface area contributed by atoms with Gasteiger partial charge in [-0.05, 0) is 42.0 Å². The highest BCUT2D eigenvalue weighted by Gasteiger charge is 2.28. The number of benzene rings is 1. The van der Waals surface area contributed by atoms with Gasteiger partial charge in [0, 0.05) is 13.1 Å². The average molecular weight is 413 g/mol. The van der Waals surface area contributed by atoms with Gasteiger partial charge in [0.1, 0.15) is 0 Å². The highest BCUT2D eigenvalue weighted by atomic mass is 32.1. The number of methoxy groups -OCH3 is 2. The Labute approximate surface area is 173 Å². The van der Waals surface area contributed by atoms with E-state index in [2.05, 4.69) is 10.2 Å². The van der Waals surface area contributed by atoms with Crippen molar-refractivity contribution in [2.24, 2.45) is 0 Å². The van der Waals surface area contributed by atoms with Crippen LogP contribution in [0.15, 0.2) is 40.1 Å². The van der Waals surface area contributed by atoms with Crippen LogP contribution in [0.5, 0.6) is 11.5 Å². The molecule has 0 aliphatic carbocycles. The van der Waals surface area contributed by atoms with Crippen molar-refractivity contribution in [3.05, 3.63) is 47.2 Å². The second-order valence-electron chi connectivity index (χ2n) is 6.97. The molecule has 0 spiro atoms. The molecule has 1 aromatic carbocycles. The van der Waals surface area contributed by atoms with Crippen molar-refractivity contribution in [2.75, 3.05) is 27.3 Å². The predicted octanol–water partition coefficient (Wildman–Crippen LogP) is 3.76. The van der Waals surface area contributed by atoms with Crippen LogP contribution < -0.4 is 9.47 Å². The van der Waals surface area contributed by atoms with Crippen LogP contribution in [0.3, 0.4) is 0 Å². The summed E-state index contributed by atoms with van der Waals surface area (Å²) in [5, 5.41) is 10.4. The van der Waals surface area contributed by atoms with Gasteiger partial charge in [-0.25, -0.2) is 0 Å². The van der Waals surface area contributed by atoms with Crippen LogP contribution >= 0.6 is 11.3 Å². The van der Waals surface area contributed by atoms with E-state index in [0.29, 0.717) is 36.2 Å². The lowest BCUT2D eigenvalue weighted by atomic mass is 9.97. The van der Waals surface area contributed by atoms with Crippen molar-refractivity contribution < 1.29 is 18.7 Å². The van der Waals surface area contributed by atoms with Gasteiger partial charge in [-0.3, -0.25) is 4.79 Å². The molecule has 1 aliphatic heterocycles. The minimum absolute atomic E-state index is 0.0688. The van der Waals surface area contributed by atoms with Crippen molar-refractivity contribution in [1.82, 2.24) is 15.1 Å². The van der Waals surface area contributed by atoms with E-state index >= 15 is 0 Å². The van der Waals surface area contributed by atoms with Gasteiger partial charge in [0.15, 0.2) is 11.5 Å². The molecule has 3 heterocycles. The Morgan fingerprint density at radius 3 is 2.86 bits per heavy atom. The van der Waals surface area contributed by atoms with E-state index in [1.807, 2.05) is 40.6 Å². The first-order chi connectivity index (χ1) is 14.2.